The summed E-state index contributed by atoms with van der Waals surface area (Å²) in [6.07, 6.45) is 2.24. The first-order valence-corrected chi connectivity index (χ1v) is 8.18. The minimum absolute atomic E-state index is 0.145. The lowest BCUT2D eigenvalue weighted by Crippen LogP contribution is -2.30. The molecule has 3 aromatic rings. The van der Waals surface area contributed by atoms with Gasteiger partial charge in [0.25, 0.3) is 6.01 Å². The Bertz CT molecular complexity index is 833. The highest BCUT2D eigenvalue weighted by atomic mass is 16.4. The van der Waals surface area contributed by atoms with E-state index in [2.05, 4.69) is 10.3 Å². The molecule has 4 rings (SSSR count). The highest BCUT2D eigenvalue weighted by molar-refractivity contribution is 5.75. The molecular weight excluding hydrogens is 302 g/mol. The summed E-state index contributed by atoms with van der Waals surface area (Å²) in [4.78, 5) is 18.1. The molecule has 0 spiro atoms. The first kappa shape index (κ1) is 14.8. The maximum Gasteiger partial charge on any atom is 0.300 e. The topological polar surface area (TPSA) is 58.4 Å². The molecule has 0 unspecified atom stereocenters. The Balaban J connectivity index is 1.46. The van der Waals surface area contributed by atoms with Crippen LogP contribution in [0.15, 0.2) is 52.9 Å². The van der Waals surface area contributed by atoms with E-state index in [4.69, 9.17) is 4.42 Å². The summed E-state index contributed by atoms with van der Waals surface area (Å²) in [6, 6.07) is 16.6. The Kier molecular flexibility index (Phi) is 3.69. The van der Waals surface area contributed by atoms with E-state index in [-0.39, 0.29) is 5.91 Å². The number of rotatable bonds is 5. The molecule has 0 atom stereocenters. The maximum absolute atomic E-state index is 11.7. The van der Waals surface area contributed by atoms with Gasteiger partial charge in [0.15, 0.2) is 5.58 Å². The van der Waals surface area contributed by atoms with Crippen LogP contribution in [0.3, 0.4) is 0 Å². The summed E-state index contributed by atoms with van der Waals surface area (Å²) in [5.41, 5.74) is 3.63. The summed E-state index contributed by atoms with van der Waals surface area (Å²) >= 11 is 0. The van der Waals surface area contributed by atoms with E-state index in [0.717, 1.165) is 35.2 Å². The summed E-state index contributed by atoms with van der Waals surface area (Å²) in [7, 11) is 0. The molecule has 2 aromatic carbocycles. The fraction of sp³-hybridized carbons (Fsp3) is 0.263. The molecule has 1 saturated carbocycles. The van der Waals surface area contributed by atoms with Crippen molar-refractivity contribution in [1.82, 2.24) is 9.88 Å². The second-order valence-electron chi connectivity index (χ2n) is 6.19. The van der Waals surface area contributed by atoms with Crippen molar-refractivity contribution in [1.29, 1.82) is 0 Å². The summed E-state index contributed by atoms with van der Waals surface area (Å²) in [6.45, 7) is 2.31. The Hall–Kier alpha value is -2.82. The molecule has 0 saturated heterocycles. The number of oxazole rings is 1. The predicted molar refractivity (Wildman–Crippen MR) is 93.0 cm³/mol. The van der Waals surface area contributed by atoms with E-state index in [9.17, 15) is 4.79 Å². The standard InChI is InChI=1S/C19H19N3O2/c1-13(23)22(16-10-11-16)12-14-6-8-15(9-7-14)20-19-21-17-4-2-3-5-18(17)24-19/h2-9,16H,10-12H2,1H3,(H,20,21). The molecule has 122 valence electrons. The van der Waals surface area contributed by atoms with Gasteiger partial charge in [0.1, 0.15) is 5.52 Å². The number of aromatic nitrogens is 1. The van der Waals surface area contributed by atoms with Gasteiger partial charge < -0.3 is 14.6 Å². The number of benzene rings is 2. The van der Waals surface area contributed by atoms with Crippen LogP contribution in [-0.4, -0.2) is 21.8 Å². The summed E-state index contributed by atoms with van der Waals surface area (Å²) in [5, 5.41) is 3.17. The quantitative estimate of drug-likeness (QED) is 0.769. The van der Waals surface area contributed by atoms with Crippen LogP contribution in [-0.2, 0) is 11.3 Å². The lowest BCUT2D eigenvalue weighted by atomic mass is 10.2. The number of nitrogens with one attached hydrogen (secondary N) is 1. The van der Waals surface area contributed by atoms with Crippen LogP contribution < -0.4 is 5.32 Å². The number of carbonyl (C=O) groups excluding carboxylic acids is 1. The van der Waals surface area contributed by atoms with Crippen LogP contribution >= 0.6 is 0 Å². The molecular formula is C19H19N3O2. The molecule has 1 fully saturated rings. The Morgan fingerprint density at radius 1 is 1.21 bits per heavy atom. The number of carbonyl (C=O) groups is 1. The van der Waals surface area contributed by atoms with Gasteiger partial charge >= 0.3 is 0 Å². The molecule has 5 heteroatoms. The Morgan fingerprint density at radius 2 is 1.96 bits per heavy atom. The van der Waals surface area contributed by atoms with Crippen molar-refractivity contribution in [2.45, 2.75) is 32.4 Å². The zero-order valence-electron chi connectivity index (χ0n) is 13.5. The number of hydrogen-bond acceptors (Lipinski definition) is 4. The van der Waals surface area contributed by atoms with Crippen LogP contribution in [0.4, 0.5) is 11.7 Å². The fourth-order valence-electron chi connectivity index (χ4n) is 2.82. The van der Waals surface area contributed by atoms with Crippen molar-refractivity contribution in [2.75, 3.05) is 5.32 Å². The molecule has 0 bridgehead atoms. The molecule has 0 radical (unpaired) electrons. The molecule has 1 aliphatic rings. The zero-order chi connectivity index (χ0) is 16.5. The van der Waals surface area contributed by atoms with Gasteiger partial charge in [-0.05, 0) is 42.7 Å². The molecule has 1 aliphatic carbocycles. The van der Waals surface area contributed by atoms with E-state index < -0.39 is 0 Å². The Labute approximate surface area is 140 Å². The fourth-order valence-corrected chi connectivity index (χ4v) is 2.82. The van der Waals surface area contributed by atoms with Gasteiger partial charge in [-0.1, -0.05) is 24.3 Å². The third-order valence-corrected chi connectivity index (χ3v) is 4.24. The van der Waals surface area contributed by atoms with Crippen molar-refractivity contribution in [3.63, 3.8) is 0 Å². The molecule has 0 aliphatic heterocycles. The summed E-state index contributed by atoms with van der Waals surface area (Å²) in [5.74, 6) is 0.145. The van der Waals surface area contributed by atoms with Crippen LogP contribution in [0.5, 0.6) is 0 Å². The monoisotopic (exact) mass is 321 g/mol. The Morgan fingerprint density at radius 3 is 2.62 bits per heavy atom. The van der Waals surface area contributed by atoms with Gasteiger partial charge in [0.05, 0.1) is 0 Å². The smallest absolute Gasteiger partial charge is 0.300 e. The van der Waals surface area contributed by atoms with Gasteiger partial charge in [-0.15, -0.1) is 0 Å². The SMILES string of the molecule is CC(=O)N(Cc1ccc(Nc2nc3ccccc3o2)cc1)C1CC1. The normalized spacial score (nSPS) is 13.9. The number of nitrogens with zero attached hydrogens (tertiary/aromatic N) is 2. The average molecular weight is 321 g/mol. The molecule has 24 heavy (non-hydrogen) atoms. The van der Waals surface area contributed by atoms with E-state index >= 15 is 0 Å². The van der Waals surface area contributed by atoms with Crippen molar-refractivity contribution >= 4 is 28.7 Å². The maximum atomic E-state index is 11.7. The highest BCUT2D eigenvalue weighted by Gasteiger charge is 2.30. The number of hydrogen-bond donors (Lipinski definition) is 1. The van der Waals surface area contributed by atoms with Gasteiger partial charge in [0.2, 0.25) is 5.91 Å². The first-order valence-electron chi connectivity index (χ1n) is 8.18. The number of amides is 1. The largest absolute Gasteiger partial charge is 0.423 e. The zero-order valence-corrected chi connectivity index (χ0v) is 13.5. The van der Waals surface area contributed by atoms with Crippen molar-refractivity contribution in [3.8, 4) is 0 Å². The third kappa shape index (κ3) is 3.11. The molecule has 1 amide bonds. The second-order valence-corrected chi connectivity index (χ2v) is 6.19. The molecule has 5 nitrogen and oxygen atoms in total. The molecule has 1 heterocycles. The van der Waals surface area contributed by atoms with Crippen LogP contribution in [0.2, 0.25) is 0 Å². The van der Waals surface area contributed by atoms with Crippen molar-refractivity contribution in [3.05, 3.63) is 54.1 Å². The minimum atomic E-state index is 0.145. The van der Waals surface area contributed by atoms with E-state index in [1.165, 1.54) is 0 Å². The molecule has 1 aromatic heterocycles. The lowest BCUT2D eigenvalue weighted by Gasteiger charge is -2.20. The van der Waals surface area contributed by atoms with E-state index in [0.29, 0.717) is 18.6 Å². The van der Waals surface area contributed by atoms with Gasteiger partial charge in [0, 0.05) is 25.2 Å². The third-order valence-electron chi connectivity index (χ3n) is 4.24. The average Bonchev–Trinajstić information content (AvgIpc) is 3.33. The number of para-hydroxylation sites is 2. The van der Waals surface area contributed by atoms with Gasteiger partial charge in [-0.2, -0.15) is 4.98 Å². The minimum Gasteiger partial charge on any atom is -0.423 e. The van der Waals surface area contributed by atoms with Crippen molar-refractivity contribution in [2.24, 2.45) is 0 Å². The highest BCUT2D eigenvalue weighted by Crippen LogP contribution is 2.29. The van der Waals surface area contributed by atoms with Gasteiger partial charge in [-0.25, -0.2) is 0 Å². The van der Waals surface area contributed by atoms with Gasteiger partial charge in [-0.3, -0.25) is 4.79 Å². The molecule has 1 N–H and O–H groups in total. The van der Waals surface area contributed by atoms with E-state index in [1.54, 1.807) is 6.92 Å². The first-order chi connectivity index (χ1) is 11.7. The summed E-state index contributed by atoms with van der Waals surface area (Å²) < 4.78 is 5.66. The van der Waals surface area contributed by atoms with E-state index in [1.807, 2.05) is 53.4 Å². The van der Waals surface area contributed by atoms with Crippen LogP contribution in [0.1, 0.15) is 25.3 Å². The van der Waals surface area contributed by atoms with Crippen molar-refractivity contribution < 1.29 is 9.21 Å². The van der Waals surface area contributed by atoms with Crippen LogP contribution in [0.25, 0.3) is 11.1 Å². The second kappa shape index (κ2) is 6.00. The lowest BCUT2D eigenvalue weighted by molar-refractivity contribution is -0.130. The predicted octanol–water partition coefficient (Wildman–Crippen LogP) is 4.08. The number of anilines is 2. The number of fused-ring (bicyclic) bond motifs is 1. The van der Waals surface area contributed by atoms with Crippen LogP contribution in [0, 0.1) is 0 Å².